The summed E-state index contributed by atoms with van der Waals surface area (Å²) in [5, 5.41) is 12.5. The van der Waals surface area contributed by atoms with Gasteiger partial charge in [0, 0.05) is 26.2 Å². The van der Waals surface area contributed by atoms with Gasteiger partial charge in [-0.2, -0.15) is 0 Å². The van der Waals surface area contributed by atoms with E-state index >= 15 is 0 Å². The maximum atomic E-state index is 9.15. The Balaban J connectivity index is 2.42. The van der Waals surface area contributed by atoms with Gasteiger partial charge in [0.2, 0.25) is 0 Å². The van der Waals surface area contributed by atoms with E-state index in [-0.39, 0.29) is 0 Å². The van der Waals surface area contributed by atoms with Gasteiger partial charge in [-0.25, -0.2) is 0 Å². The molecule has 0 amide bonds. The first kappa shape index (κ1) is 13.9. The van der Waals surface area contributed by atoms with Gasteiger partial charge in [0.15, 0.2) is 0 Å². The second-order valence-corrected chi connectivity index (χ2v) is 5.66. The van der Waals surface area contributed by atoms with Crippen molar-refractivity contribution in [1.29, 1.82) is 0 Å². The molecule has 1 aliphatic heterocycles. The maximum absolute atomic E-state index is 9.15. The molecule has 16 heavy (non-hydrogen) atoms. The predicted molar refractivity (Wildman–Crippen MR) is 68.6 cm³/mol. The highest BCUT2D eigenvalue weighted by atomic mass is 16.3. The van der Waals surface area contributed by atoms with E-state index in [0.717, 1.165) is 32.6 Å². The predicted octanol–water partition coefficient (Wildman–Crippen LogP) is 1.33. The highest BCUT2D eigenvalue weighted by molar-refractivity contribution is 4.84. The molecule has 3 heteroatoms. The number of nitrogens with zero attached hydrogens (tertiary/aromatic N) is 1. The average molecular weight is 228 g/mol. The Bertz CT molecular complexity index is 190. The Morgan fingerprint density at radius 1 is 1.50 bits per heavy atom. The first-order valence-corrected chi connectivity index (χ1v) is 6.61. The van der Waals surface area contributed by atoms with Crippen molar-refractivity contribution in [1.82, 2.24) is 10.2 Å². The quantitative estimate of drug-likeness (QED) is 0.690. The van der Waals surface area contributed by atoms with Gasteiger partial charge in [-0.1, -0.05) is 20.3 Å². The van der Waals surface area contributed by atoms with Gasteiger partial charge in [0.1, 0.15) is 0 Å². The molecule has 0 aliphatic carbocycles. The summed E-state index contributed by atoms with van der Waals surface area (Å²) in [5.74, 6) is 0.514. The number of nitrogens with one attached hydrogen (secondary N) is 1. The molecule has 2 N–H and O–H groups in total. The first-order valence-electron chi connectivity index (χ1n) is 6.61. The molecule has 0 bridgehead atoms. The van der Waals surface area contributed by atoms with Crippen LogP contribution in [0, 0.1) is 11.3 Å². The van der Waals surface area contributed by atoms with E-state index in [2.05, 4.69) is 24.1 Å². The zero-order valence-corrected chi connectivity index (χ0v) is 11.1. The fourth-order valence-electron chi connectivity index (χ4n) is 3.00. The molecule has 1 saturated heterocycles. The molecular weight excluding hydrogens is 200 g/mol. The van der Waals surface area contributed by atoms with E-state index in [1.807, 2.05) is 7.05 Å². The third kappa shape index (κ3) is 4.04. The van der Waals surface area contributed by atoms with Gasteiger partial charge in [0.05, 0.1) is 0 Å². The van der Waals surface area contributed by atoms with Crippen LogP contribution in [-0.4, -0.2) is 49.8 Å². The van der Waals surface area contributed by atoms with E-state index in [1.165, 1.54) is 12.8 Å². The average Bonchev–Trinajstić information content (AvgIpc) is 2.65. The minimum absolute atomic E-state index is 0.354. The molecule has 1 rings (SSSR count). The van der Waals surface area contributed by atoms with Gasteiger partial charge in [-0.15, -0.1) is 0 Å². The molecule has 1 heterocycles. The van der Waals surface area contributed by atoms with Gasteiger partial charge in [0.25, 0.3) is 0 Å². The van der Waals surface area contributed by atoms with Crippen LogP contribution < -0.4 is 5.32 Å². The zero-order chi connectivity index (χ0) is 12.0. The van der Waals surface area contributed by atoms with E-state index < -0.39 is 0 Å². The van der Waals surface area contributed by atoms with Crippen LogP contribution in [0.5, 0.6) is 0 Å². The summed E-state index contributed by atoms with van der Waals surface area (Å²) < 4.78 is 0. The van der Waals surface area contributed by atoms with Crippen LogP contribution in [0.4, 0.5) is 0 Å². The summed E-state index contributed by atoms with van der Waals surface area (Å²) in [6, 6.07) is 0. The molecule has 96 valence electrons. The van der Waals surface area contributed by atoms with E-state index in [0.29, 0.717) is 17.9 Å². The van der Waals surface area contributed by atoms with Crippen molar-refractivity contribution >= 4 is 0 Å². The van der Waals surface area contributed by atoms with Gasteiger partial charge >= 0.3 is 0 Å². The molecule has 0 saturated carbocycles. The molecule has 0 aromatic carbocycles. The number of rotatable bonds is 7. The topological polar surface area (TPSA) is 35.5 Å². The lowest BCUT2D eigenvalue weighted by Gasteiger charge is -2.33. The van der Waals surface area contributed by atoms with Gasteiger partial charge in [-0.3, -0.25) is 0 Å². The molecule has 0 aromatic heterocycles. The summed E-state index contributed by atoms with van der Waals surface area (Å²) >= 11 is 0. The minimum Gasteiger partial charge on any atom is -0.396 e. The van der Waals surface area contributed by atoms with Crippen molar-refractivity contribution < 1.29 is 5.11 Å². The number of hydrogen-bond acceptors (Lipinski definition) is 3. The van der Waals surface area contributed by atoms with E-state index in [1.54, 1.807) is 0 Å². The first-order chi connectivity index (χ1) is 7.63. The zero-order valence-electron chi connectivity index (χ0n) is 11.1. The largest absolute Gasteiger partial charge is 0.396 e. The second kappa shape index (κ2) is 6.58. The number of aliphatic hydroxyl groups is 1. The van der Waals surface area contributed by atoms with Gasteiger partial charge < -0.3 is 15.3 Å². The lowest BCUT2D eigenvalue weighted by atomic mass is 9.85. The smallest absolute Gasteiger partial charge is 0.0471 e. The second-order valence-electron chi connectivity index (χ2n) is 5.66. The van der Waals surface area contributed by atoms with Crippen molar-refractivity contribution in [2.24, 2.45) is 11.3 Å². The van der Waals surface area contributed by atoms with E-state index in [9.17, 15) is 0 Å². The SMILES string of the molecule is CCCC(C)(CNC)CN1CCC(CO)C1. The van der Waals surface area contributed by atoms with Crippen molar-refractivity contribution in [3.63, 3.8) is 0 Å². The number of likely N-dealkylation sites (tertiary alicyclic amines) is 1. The monoisotopic (exact) mass is 228 g/mol. The normalized spacial score (nSPS) is 25.9. The third-order valence-corrected chi connectivity index (χ3v) is 3.69. The fourth-order valence-corrected chi connectivity index (χ4v) is 3.00. The molecule has 2 atom stereocenters. The molecule has 1 fully saturated rings. The summed E-state index contributed by atoms with van der Waals surface area (Å²) in [7, 11) is 2.04. The fraction of sp³-hybridized carbons (Fsp3) is 1.00. The van der Waals surface area contributed by atoms with Crippen LogP contribution in [0.25, 0.3) is 0 Å². The molecule has 0 aromatic rings. The highest BCUT2D eigenvalue weighted by Gasteiger charge is 2.29. The molecule has 2 unspecified atom stereocenters. The Morgan fingerprint density at radius 2 is 2.25 bits per heavy atom. The molecule has 0 radical (unpaired) electrons. The summed E-state index contributed by atoms with van der Waals surface area (Å²) in [5.41, 5.74) is 0.383. The van der Waals surface area contributed by atoms with Crippen molar-refractivity contribution in [2.45, 2.75) is 33.1 Å². The van der Waals surface area contributed by atoms with Crippen LogP contribution in [0.2, 0.25) is 0 Å². The Kier molecular flexibility index (Phi) is 5.73. The number of hydrogen-bond donors (Lipinski definition) is 2. The molecule has 1 aliphatic rings. The standard InChI is InChI=1S/C13H28N2O/c1-4-6-13(2,10-14-3)11-15-7-5-12(8-15)9-16/h12,14,16H,4-11H2,1-3H3. The lowest BCUT2D eigenvalue weighted by molar-refractivity contribution is 0.162. The molecular formula is C13H28N2O. The van der Waals surface area contributed by atoms with E-state index in [4.69, 9.17) is 5.11 Å². The van der Waals surface area contributed by atoms with Crippen molar-refractivity contribution in [2.75, 3.05) is 39.8 Å². The van der Waals surface area contributed by atoms with Crippen LogP contribution in [-0.2, 0) is 0 Å². The Labute approximate surface area is 100 Å². The van der Waals surface area contributed by atoms with Crippen LogP contribution in [0.15, 0.2) is 0 Å². The van der Waals surface area contributed by atoms with Crippen molar-refractivity contribution in [3.05, 3.63) is 0 Å². The lowest BCUT2D eigenvalue weighted by Crippen LogP contribution is -2.40. The summed E-state index contributed by atoms with van der Waals surface area (Å²) in [6.07, 6.45) is 3.68. The van der Waals surface area contributed by atoms with Crippen LogP contribution in [0.1, 0.15) is 33.1 Å². The highest BCUT2D eigenvalue weighted by Crippen LogP contribution is 2.27. The third-order valence-electron chi connectivity index (χ3n) is 3.69. The summed E-state index contributed by atoms with van der Waals surface area (Å²) in [6.45, 7) is 9.48. The molecule has 0 spiro atoms. The maximum Gasteiger partial charge on any atom is 0.0471 e. The van der Waals surface area contributed by atoms with Crippen LogP contribution in [0.3, 0.4) is 0 Å². The number of aliphatic hydroxyl groups excluding tert-OH is 1. The minimum atomic E-state index is 0.354. The van der Waals surface area contributed by atoms with Gasteiger partial charge in [-0.05, 0) is 37.8 Å². The Hall–Kier alpha value is -0.120. The summed E-state index contributed by atoms with van der Waals surface area (Å²) in [4.78, 5) is 2.52. The molecule has 3 nitrogen and oxygen atoms in total. The Morgan fingerprint density at radius 3 is 2.75 bits per heavy atom. The van der Waals surface area contributed by atoms with Crippen LogP contribution >= 0.6 is 0 Å². The van der Waals surface area contributed by atoms with Crippen molar-refractivity contribution in [3.8, 4) is 0 Å².